The first-order valence-electron chi connectivity index (χ1n) is 10.9. The van der Waals surface area contributed by atoms with Crippen LogP contribution in [0, 0.1) is 20.8 Å². The van der Waals surface area contributed by atoms with Gasteiger partial charge in [0.2, 0.25) is 5.76 Å². The fourth-order valence-corrected chi connectivity index (χ4v) is 4.47. The van der Waals surface area contributed by atoms with E-state index >= 15 is 0 Å². The van der Waals surface area contributed by atoms with Gasteiger partial charge < -0.3 is 13.9 Å². The van der Waals surface area contributed by atoms with Crippen LogP contribution in [0.15, 0.2) is 57.7 Å². The Morgan fingerprint density at radius 1 is 0.912 bits per heavy atom. The Labute approximate surface area is 196 Å². The van der Waals surface area contributed by atoms with E-state index in [1.165, 1.54) is 4.90 Å². The third kappa shape index (κ3) is 3.23. The number of fused-ring (bicyclic) bond motifs is 2. The molecule has 2 aromatic carbocycles. The lowest BCUT2D eigenvalue weighted by atomic mass is 9.97. The number of aromatic nitrogens is 1. The van der Waals surface area contributed by atoms with Crippen LogP contribution in [0.25, 0.3) is 11.0 Å². The van der Waals surface area contributed by atoms with Gasteiger partial charge in [-0.3, -0.25) is 14.5 Å². The molecule has 0 spiro atoms. The predicted octanol–water partition coefficient (Wildman–Crippen LogP) is 4.88. The number of carbonyl (C=O) groups excluding carboxylic acids is 1. The third-order valence-corrected chi connectivity index (χ3v) is 6.33. The highest BCUT2D eigenvalue weighted by Crippen LogP contribution is 2.42. The summed E-state index contributed by atoms with van der Waals surface area (Å²) in [6.45, 7) is 5.74. The highest BCUT2D eigenvalue weighted by Gasteiger charge is 2.44. The summed E-state index contributed by atoms with van der Waals surface area (Å²) < 4.78 is 17.0. The standard InChI is InChI=1S/C27H24N2O5/c1-14-11-18-20(12-15(14)2)34-26-23(25(18)30)24(17-9-10-19(32-4)21(13-17)33-5)29(27(26)31)22-8-6-7-16(3)28-22/h6-13,24H,1-5H3/t24-/m0/s1. The quantitative estimate of drug-likeness (QED) is 0.435. The average molecular weight is 456 g/mol. The number of anilines is 1. The maximum Gasteiger partial charge on any atom is 0.296 e. The van der Waals surface area contributed by atoms with Gasteiger partial charge in [0, 0.05) is 5.69 Å². The number of nitrogens with zero attached hydrogens (tertiary/aromatic N) is 2. The van der Waals surface area contributed by atoms with Crippen LogP contribution in [0.1, 0.15) is 44.5 Å². The molecule has 0 bridgehead atoms. The minimum atomic E-state index is -0.737. The van der Waals surface area contributed by atoms with Crippen LogP contribution in [-0.4, -0.2) is 25.1 Å². The highest BCUT2D eigenvalue weighted by atomic mass is 16.5. The molecule has 2 aromatic heterocycles. The van der Waals surface area contributed by atoms with Crippen LogP contribution in [0.4, 0.5) is 5.82 Å². The molecule has 3 heterocycles. The smallest absolute Gasteiger partial charge is 0.296 e. The lowest BCUT2D eigenvalue weighted by Gasteiger charge is -2.25. The van der Waals surface area contributed by atoms with Crippen molar-refractivity contribution in [3.63, 3.8) is 0 Å². The summed E-state index contributed by atoms with van der Waals surface area (Å²) in [4.78, 5) is 33.6. The van der Waals surface area contributed by atoms with E-state index in [0.29, 0.717) is 33.8 Å². The zero-order valence-electron chi connectivity index (χ0n) is 19.6. The van der Waals surface area contributed by atoms with Crippen molar-refractivity contribution >= 4 is 22.7 Å². The van der Waals surface area contributed by atoms with E-state index in [9.17, 15) is 9.59 Å². The third-order valence-electron chi connectivity index (χ3n) is 6.33. The van der Waals surface area contributed by atoms with E-state index in [4.69, 9.17) is 13.9 Å². The molecule has 0 radical (unpaired) electrons. The van der Waals surface area contributed by atoms with Gasteiger partial charge in [0.15, 0.2) is 16.9 Å². The molecule has 0 saturated heterocycles. The molecule has 5 rings (SSSR count). The van der Waals surface area contributed by atoms with Crippen molar-refractivity contribution in [3.05, 3.63) is 92.5 Å². The molecule has 1 aliphatic rings. The molecular formula is C27H24N2O5. The Kier molecular flexibility index (Phi) is 5.12. The first-order valence-corrected chi connectivity index (χ1v) is 10.9. The molecule has 172 valence electrons. The van der Waals surface area contributed by atoms with Crippen molar-refractivity contribution in [1.29, 1.82) is 0 Å². The fraction of sp³-hybridized carbons (Fsp3) is 0.222. The van der Waals surface area contributed by atoms with Crippen molar-refractivity contribution in [1.82, 2.24) is 4.98 Å². The summed E-state index contributed by atoms with van der Waals surface area (Å²) in [7, 11) is 3.10. The summed E-state index contributed by atoms with van der Waals surface area (Å²) in [5, 5.41) is 0.444. The van der Waals surface area contributed by atoms with Crippen LogP contribution >= 0.6 is 0 Å². The van der Waals surface area contributed by atoms with Gasteiger partial charge in [0.1, 0.15) is 11.4 Å². The Balaban J connectivity index is 1.83. The maximum absolute atomic E-state index is 13.8. The van der Waals surface area contributed by atoms with Crippen LogP contribution < -0.4 is 19.8 Å². The molecule has 0 saturated carbocycles. The number of rotatable bonds is 4. The normalized spacial score (nSPS) is 15.0. The van der Waals surface area contributed by atoms with Gasteiger partial charge in [0.05, 0.1) is 31.2 Å². The predicted molar refractivity (Wildman–Crippen MR) is 129 cm³/mol. The Morgan fingerprint density at radius 2 is 1.65 bits per heavy atom. The molecule has 0 unspecified atom stereocenters. The van der Waals surface area contributed by atoms with E-state index in [0.717, 1.165) is 16.8 Å². The first-order chi connectivity index (χ1) is 16.3. The highest BCUT2D eigenvalue weighted by molar-refractivity contribution is 6.10. The van der Waals surface area contributed by atoms with Crippen molar-refractivity contribution in [2.45, 2.75) is 26.8 Å². The van der Waals surface area contributed by atoms with E-state index < -0.39 is 11.9 Å². The van der Waals surface area contributed by atoms with E-state index in [1.54, 1.807) is 38.5 Å². The van der Waals surface area contributed by atoms with Gasteiger partial charge in [-0.25, -0.2) is 4.98 Å². The number of amides is 1. The minimum Gasteiger partial charge on any atom is -0.493 e. The number of hydrogen-bond acceptors (Lipinski definition) is 6. The van der Waals surface area contributed by atoms with Crippen LogP contribution in [-0.2, 0) is 0 Å². The van der Waals surface area contributed by atoms with Gasteiger partial charge >= 0.3 is 0 Å². The van der Waals surface area contributed by atoms with Crippen molar-refractivity contribution in [3.8, 4) is 11.5 Å². The van der Waals surface area contributed by atoms with Gasteiger partial charge in [-0.05, 0) is 73.9 Å². The Bertz CT molecular complexity index is 1520. The molecule has 4 aromatic rings. The first kappa shape index (κ1) is 21.7. The number of ether oxygens (including phenoxy) is 2. The zero-order chi connectivity index (χ0) is 24.1. The van der Waals surface area contributed by atoms with Gasteiger partial charge in [-0.15, -0.1) is 0 Å². The molecule has 0 fully saturated rings. The number of methoxy groups -OCH3 is 2. The van der Waals surface area contributed by atoms with E-state index in [1.807, 2.05) is 45.0 Å². The summed E-state index contributed by atoms with van der Waals surface area (Å²) in [5.74, 6) is 1.10. The molecule has 7 heteroatoms. The summed E-state index contributed by atoms with van der Waals surface area (Å²) in [6, 6.07) is 13.7. The SMILES string of the molecule is COc1ccc([C@H]2c3c(oc4cc(C)c(C)cc4c3=O)C(=O)N2c2cccc(C)n2)cc1OC. The molecule has 34 heavy (non-hydrogen) atoms. The lowest BCUT2D eigenvalue weighted by molar-refractivity contribution is 0.0970. The summed E-state index contributed by atoms with van der Waals surface area (Å²) >= 11 is 0. The molecular weight excluding hydrogens is 432 g/mol. The number of carbonyl (C=O) groups is 1. The van der Waals surface area contributed by atoms with Crippen LogP contribution in [0.5, 0.6) is 11.5 Å². The molecule has 1 aliphatic heterocycles. The zero-order valence-corrected chi connectivity index (χ0v) is 19.6. The second kappa shape index (κ2) is 8.02. The second-order valence-electron chi connectivity index (χ2n) is 8.44. The van der Waals surface area contributed by atoms with Gasteiger partial charge in [-0.1, -0.05) is 12.1 Å². The monoisotopic (exact) mass is 456 g/mol. The summed E-state index contributed by atoms with van der Waals surface area (Å²) in [5.41, 5.74) is 3.84. The second-order valence-corrected chi connectivity index (χ2v) is 8.44. The molecule has 0 N–H and O–H groups in total. The Hall–Kier alpha value is -4.13. The molecule has 7 nitrogen and oxygen atoms in total. The average Bonchev–Trinajstić information content (AvgIpc) is 3.12. The van der Waals surface area contributed by atoms with Crippen molar-refractivity contribution < 1.29 is 18.7 Å². The topological polar surface area (TPSA) is 81.9 Å². The summed E-state index contributed by atoms with van der Waals surface area (Å²) in [6.07, 6.45) is 0. The maximum atomic E-state index is 13.8. The fourth-order valence-electron chi connectivity index (χ4n) is 4.47. The molecule has 0 aliphatic carbocycles. The van der Waals surface area contributed by atoms with Crippen LogP contribution in [0.2, 0.25) is 0 Å². The lowest BCUT2D eigenvalue weighted by Crippen LogP contribution is -2.30. The number of benzene rings is 2. The van der Waals surface area contributed by atoms with E-state index in [-0.39, 0.29) is 16.8 Å². The van der Waals surface area contributed by atoms with Crippen molar-refractivity contribution in [2.75, 3.05) is 19.1 Å². The van der Waals surface area contributed by atoms with Gasteiger partial charge in [-0.2, -0.15) is 0 Å². The van der Waals surface area contributed by atoms with Crippen LogP contribution in [0.3, 0.4) is 0 Å². The van der Waals surface area contributed by atoms with Crippen molar-refractivity contribution in [2.24, 2.45) is 0 Å². The minimum absolute atomic E-state index is 0.0313. The molecule has 1 atom stereocenters. The van der Waals surface area contributed by atoms with E-state index in [2.05, 4.69) is 4.98 Å². The number of pyridine rings is 1. The largest absolute Gasteiger partial charge is 0.493 e. The molecule has 1 amide bonds. The number of aryl methyl sites for hydroxylation is 3. The Morgan fingerprint density at radius 3 is 2.35 bits per heavy atom. The number of hydrogen-bond donors (Lipinski definition) is 0. The van der Waals surface area contributed by atoms with Gasteiger partial charge in [0.25, 0.3) is 5.91 Å².